The van der Waals surface area contributed by atoms with E-state index in [1.807, 2.05) is 6.07 Å². The van der Waals surface area contributed by atoms with E-state index < -0.39 is 22.4 Å². The fourth-order valence-electron chi connectivity index (χ4n) is 3.75. The lowest BCUT2D eigenvalue weighted by atomic mass is 10.1. The Bertz CT molecular complexity index is 1720. The number of allylic oxidation sites excluding steroid dienone is 1. The van der Waals surface area contributed by atoms with Gasteiger partial charge < -0.3 is 15.2 Å². The van der Waals surface area contributed by atoms with Crippen LogP contribution < -0.4 is 15.2 Å². The van der Waals surface area contributed by atoms with E-state index in [9.17, 15) is 28.5 Å². The largest absolute Gasteiger partial charge is 0.493 e. The van der Waals surface area contributed by atoms with Gasteiger partial charge in [-0.2, -0.15) is 23.5 Å². The number of halogens is 3. The molecule has 10 nitrogen and oxygen atoms in total. The summed E-state index contributed by atoms with van der Waals surface area (Å²) in [6.45, 7) is 7.55. The molecule has 0 aliphatic carbocycles. The van der Waals surface area contributed by atoms with Crippen LogP contribution in [-0.4, -0.2) is 21.8 Å². The number of rotatable bonds is 7. The Balaban J connectivity index is 1.71. The van der Waals surface area contributed by atoms with Gasteiger partial charge in [-0.05, 0) is 48.0 Å². The molecular weight excluding hydrogens is 529 g/mol. The molecule has 0 atom stereocenters. The molecule has 2 N–H and O–H groups in total. The van der Waals surface area contributed by atoms with Gasteiger partial charge in [-0.3, -0.25) is 10.1 Å². The molecular formula is C27H17F3N6O4. The standard InChI is InChI=1S/C27H17F3N6O4/c1-33-25-24(34-35(26(25)32)18-6-4-3-5-7-18)17(15-31)12-16-8-11-22(23(13-16)39-2)40-19-9-10-21(36(37)38)20(14-19)27(28,29)30/h3-14H,32H2,2H3. The summed E-state index contributed by atoms with van der Waals surface area (Å²) in [7, 11) is 1.30. The van der Waals surface area contributed by atoms with Gasteiger partial charge in [0.2, 0.25) is 0 Å². The average molecular weight is 546 g/mol. The molecule has 4 aromatic rings. The number of ether oxygens (including phenoxy) is 2. The first-order valence-electron chi connectivity index (χ1n) is 11.2. The van der Waals surface area contributed by atoms with Crippen LogP contribution in [0.3, 0.4) is 0 Å². The average Bonchev–Trinajstić information content (AvgIpc) is 3.27. The summed E-state index contributed by atoms with van der Waals surface area (Å²) in [5.41, 5.74) is 4.66. The second-order valence-corrected chi connectivity index (χ2v) is 8.06. The van der Waals surface area contributed by atoms with Crippen molar-refractivity contribution in [3.63, 3.8) is 0 Å². The minimum Gasteiger partial charge on any atom is -0.493 e. The quantitative estimate of drug-likeness (QED) is 0.117. The Kier molecular flexibility index (Phi) is 7.41. The second kappa shape index (κ2) is 10.9. The molecule has 0 saturated carbocycles. The normalized spacial score (nSPS) is 11.4. The summed E-state index contributed by atoms with van der Waals surface area (Å²) in [4.78, 5) is 13.3. The van der Waals surface area contributed by atoms with E-state index in [4.69, 9.17) is 21.8 Å². The Morgan fingerprint density at radius 2 is 1.90 bits per heavy atom. The third-order valence-electron chi connectivity index (χ3n) is 5.58. The number of methoxy groups -OCH3 is 1. The van der Waals surface area contributed by atoms with Crippen LogP contribution in [0.2, 0.25) is 0 Å². The highest BCUT2D eigenvalue weighted by molar-refractivity contribution is 5.95. The minimum absolute atomic E-state index is 0.0118. The zero-order valence-corrected chi connectivity index (χ0v) is 20.5. The van der Waals surface area contributed by atoms with E-state index in [1.165, 1.54) is 36.1 Å². The van der Waals surface area contributed by atoms with Crippen molar-refractivity contribution in [2.75, 3.05) is 12.8 Å². The van der Waals surface area contributed by atoms with E-state index in [1.54, 1.807) is 30.3 Å². The molecule has 200 valence electrons. The van der Waals surface area contributed by atoms with E-state index in [0.717, 1.165) is 6.07 Å². The molecule has 4 rings (SSSR count). The van der Waals surface area contributed by atoms with E-state index in [-0.39, 0.29) is 40.0 Å². The first-order valence-corrected chi connectivity index (χ1v) is 11.2. The number of nitro benzene ring substituents is 1. The summed E-state index contributed by atoms with van der Waals surface area (Å²) < 4.78 is 52.2. The predicted molar refractivity (Wildman–Crippen MR) is 139 cm³/mol. The van der Waals surface area contributed by atoms with Crippen LogP contribution in [-0.2, 0) is 6.18 Å². The lowest BCUT2D eigenvalue weighted by Crippen LogP contribution is -2.09. The molecule has 0 fully saturated rings. The maximum absolute atomic E-state index is 13.3. The highest BCUT2D eigenvalue weighted by atomic mass is 19.4. The van der Waals surface area contributed by atoms with Crippen LogP contribution in [0, 0.1) is 28.0 Å². The van der Waals surface area contributed by atoms with Crippen molar-refractivity contribution in [2.24, 2.45) is 0 Å². The zero-order valence-electron chi connectivity index (χ0n) is 20.5. The SMILES string of the molecule is [C-]#[N+]c1c(C(C#N)=Cc2ccc(Oc3ccc([N+](=O)[O-])c(C(F)(F)F)c3)c(OC)c2)nn(-c2ccccc2)c1N. The van der Waals surface area contributed by atoms with Crippen LogP contribution in [0.25, 0.3) is 22.2 Å². The van der Waals surface area contributed by atoms with E-state index >= 15 is 0 Å². The summed E-state index contributed by atoms with van der Waals surface area (Å²) >= 11 is 0. The van der Waals surface area contributed by atoms with Crippen LogP contribution >= 0.6 is 0 Å². The van der Waals surface area contributed by atoms with Crippen molar-refractivity contribution >= 4 is 28.8 Å². The number of alkyl halides is 3. The van der Waals surface area contributed by atoms with Gasteiger partial charge in [0.25, 0.3) is 11.4 Å². The molecule has 1 heterocycles. The van der Waals surface area contributed by atoms with Crippen molar-refractivity contribution < 1.29 is 27.6 Å². The lowest BCUT2D eigenvalue weighted by Gasteiger charge is -2.13. The number of hydrogen-bond acceptors (Lipinski definition) is 7. The molecule has 0 unspecified atom stereocenters. The summed E-state index contributed by atoms with van der Waals surface area (Å²) in [6.07, 6.45) is -3.54. The van der Waals surface area contributed by atoms with Crippen LogP contribution in [0.15, 0.2) is 66.7 Å². The third kappa shape index (κ3) is 5.39. The number of hydrogen-bond donors (Lipinski definition) is 1. The minimum atomic E-state index is -4.98. The highest BCUT2D eigenvalue weighted by Crippen LogP contribution is 2.41. The Morgan fingerprint density at radius 1 is 1.18 bits per heavy atom. The van der Waals surface area contributed by atoms with Crippen molar-refractivity contribution in [3.8, 4) is 29.0 Å². The molecule has 0 bridgehead atoms. The molecule has 0 amide bonds. The fourth-order valence-corrected chi connectivity index (χ4v) is 3.75. The van der Waals surface area contributed by atoms with Crippen molar-refractivity contribution in [1.29, 1.82) is 5.26 Å². The Morgan fingerprint density at radius 3 is 2.50 bits per heavy atom. The number of nitrogens with zero attached hydrogens (tertiary/aromatic N) is 5. The van der Waals surface area contributed by atoms with Crippen LogP contribution in [0.5, 0.6) is 17.2 Å². The molecule has 0 aliphatic heterocycles. The summed E-state index contributed by atoms with van der Waals surface area (Å²) in [5.74, 6) is -0.141. The predicted octanol–water partition coefficient (Wildman–Crippen LogP) is 6.80. The molecule has 13 heteroatoms. The molecule has 0 saturated heterocycles. The first-order chi connectivity index (χ1) is 19.1. The van der Waals surface area contributed by atoms with E-state index in [2.05, 4.69) is 9.94 Å². The highest BCUT2D eigenvalue weighted by Gasteiger charge is 2.38. The number of para-hydroxylation sites is 1. The van der Waals surface area contributed by atoms with E-state index in [0.29, 0.717) is 23.4 Å². The lowest BCUT2D eigenvalue weighted by molar-refractivity contribution is -0.388. The third-order valence-corrected chi connectivity index (χ3v) is 5.58. The van der Waals surface area contributed by atoms with Gasteiger partial charge in [-0.1, -0.05) is 24.3 Å². The topological polar surface area (TPSA) is 134 Å². The smallest absolute Gasteiger partial charge is 0.423 e. The van der Waals surface area contributed by atoms with Gasteiger partial charge in [0, 0.05) is 6.07 Å². The number of benzene rings is 3. The van der Waals surface area contributed by atoms with Crippen molar-refractivity contribution in [2.45, 2.75) is 6.18 Å². The fraction of sp³-hybridized carbons (Fsp3) is 0.0741. The van der Waals surface area contributed by atoms with Crippen molar-refractivity contribution in [1.82, 2.24) is 9.78 Å². The maximum Gasteiger partial charge on any atom is 0.423 e. The van der Waals surface area contributed by atoms with Gasteiger partial charge in [0.15, 0.2) is 11.5 Å². The number of aromatic nitrogens is 2. The monoisotopic (exact) mass is 546 g/mol. The Labute approximate surface area is 224 Å². The first kappa shape index (κ1) is 27.2. The van der Waals surface area contributed by atoms with Gasteiger partial charge in [-0.25, -0.2) is 9.53 Å². The summed E-state index contributed by atoms with van der Waals surface area (Å²) in [6, 6.07) is 17.4. The number of nitrogen functional groups attached to an aromatic ring is 1. The summed E-state index contributed by atoms with van der Waals surface area (Å²) in [5, 5.41) is 25.2. The van der Waals surface area contributed by atoms with Crippen LogP contribution in [0.1, 0.15) is 16.8 Å². The number of nitriles is 1. The van der Waals surface area contributed by atoms with Gasteiger partial charge >= 0.3 is 6.18 Å². The molecule has 0 aliphatic rings. The van der Waals surface area contributed by atoms with Crippen LogP contribution in [0.4, 0.5) is 30.4 Å². The van der Waals surface area contributed by atoms with Gasteiger partial charge in [0.1, 0.15) is 28.9 Å². The maximum atomic E-state index is 13.3. The molecule has 1 aromatic heterocycles. The second-order valence-electron chi connectivity index (χ2n) is 8.06. The van der Waals surface area contributed by atoms with Gasteiger partial charge in [0.05, 0.1) is 29.9 Å². The molecule has 0 radical (unpaired) electrons. The Hall–Kier alpha value is -5.82. The zero-order chi connectivity index (χ0) is 29.0. The number of anilines is 1. The molecule has 40 heavy (non-hydrogen) atoms. The van der Waals surface area contributed by atoms with Gasteiger partial charge in [-0.15, -0.1) is 0 Å². The number of nitrogens with two attached hydrogens (primary N) is 1. The number of nitro groups is 1. The molecule has 0 spiro atoms. The van der Waals surface area contributed by atoms with Crippen molar-refractivity contribution in [3.05, 3.63) is 105 Å². The molecule has 3 aromatic carbocycles.